The van der Waals surface area contributed by atoms with Gasteiger partial charge in [-0.05, 0) is 31.5 Å². The first kappa shape index (κ1) is 13.5. The van der Waals surface area contributed by atoms with Crippen LogP contribution >= 0.6 is 0 Å². The summed E-state index contributed by atoms with van der Waals surface area (Å²) in [6, 6.07) is 7.06. The van der Waals surface area contributed by atoms with E-state index in [-0.39, 0.29) is 18.4 Å². The molecule has 2 N–H and O–H groups in total. The third-order valence-electron chi connectivity index (χ3n) is 3.29. The maximum atomic E-state index is 12.4. The lowest BCUT2D eigenvalue weighted by Gasteiger charge is -2.38. The second kappa shape index (κ2) is 5.40. The van der Waals surface area contributed by atoms with Crippen molar-refractivity contribution in [2.45, 2.75) is 32.4 Å². The number of carboxylic acids is 1. The molecule has 1 aliphatic rings. The van der Waals surface area contributed by atoms with E-state index in [4.69, 9.17) is 5.11 Å². The fourth-order valence-electron chi connectivity index (χ4n) is 2.37. The van der Waals surface area contributed by atoms with Crippen LogP contribution in [0.1, 0.15) is 18.9 Å². The molecule has 0 bridgehead atoms. The predicted octanol–water partition coefficient (Wildman–Crippen LogP) is 1.16. The summed E-state index contributed by atoms with van der Waals surface area (Å²) < 4.78 is 0. The molecule has 1 aromatic rings. The van der Waals surface area contributed by atoms with Crippen molar-refractivity contribution in [3.63, 3.8) is 0 Å². The Morgan fingerprint density at radius 3 is 2.89 bits per heavy atom. The molecule has 19 heavy (non-hydrogen) atoms. The molecule has 5 heteroatoms. The average molecular weight is 262 g/mol. The quantitative estimate of drug-likeness (QED) is 0.857. The van der Waals surface area contributed by atoms with Gasteiger partial charge in [0.2, 0.25) is 5.91 Å². The minimum atomic E-state index is -0.968. The highest BCUT2D eigenvalue weighted by Crippen LogP contribution is 2.22. The lowest BCUT2D eigenvalue weighted by molar-refractivity contribution is -0.140. The van der Waals surface area contributed by atoms with Crippen molar-refractivity contribution in [3.05, 3.63) is 29.8 Å². The van der Waals surface area contributed by atoms with Crippen LogP contribution < -0.4 is 10.2 Å². The van der Waals surface area contributed by atoms with Gasteiger partial charge in [0.05, 0.1) is 12.5 Å². The number of aryl methyl sites for hydroxylation is 1. The first-order valence-corrected chi connectivity index (χ1v) is 6.34. The van der Waals surface area contributed by atoms with Gasteiger partial charge in [-0.2, -0.15) is 0 Å². The van der Waals surface area contributed by atoms with E-state index in [0.29, 0.717) is 6.54 Å². The molecule has 1 fully saturated rings. The van der Waals surface area contributed by atoms with Crippen LogP contribution in [-0.4, -0.2) is 35.6 Å². The molecule has 2 unspecified atom stereocenters. The van der Waals surface area contributed by atoms with Crippen molar-refractivity contribution in [2.75, 3.05) is 11.4 Å². The lowest BCUT2D eigenvalue weighted by Crippen LogP contribution is -2.60. The van der Waals surface area contributed by atoms with Gasteiger partial charge in [0.15, 0.2) is 0 Å². The van der Waals surface area contributed by atoms with Crippen molar-refractivity contribution >= 4 is 17.6 Å². The van der Waals surface area contributed by atoms with Crippen LogP contribution in [0.4, 0.5) is 5.69 Å². The predicted molar refractivity (Wildman–Crippen MR) is 72.2 cm³/mol. The van der Waals surface area contributed by atoms with E-state index >= 15 is 0 Å². The normalized spacial score (nSPS) is 23.5. The number of rotatable bonds is 3. The smallest absolute Gasteiger partial charge is 0.305 e. The van der Waals surface area contributed by atoms with Crippen molar-refractivity contribution in [1.82, 2.24) is 5.32 Å². The monoisotopic (exact) mass is 262 g/mol. The maximum absolute atomic E-state index is 12.4. The number of hydrogen-bond donors (Lipinski definition) is 2. The Hall–Kier alpha value is -1.88. The van der Waals surface area contributed by atoms with E-state index in [1.54, 1.807) is 4.90 Å². The highest BCUT2D eigenvalue weighted by molar-refractivity contribution is 6.00. The summed E-state index contributed by atoms with van der Waals surface area (Å²) in [5.41, 5.74) is 1.90. The molecule has 2 rings (SSSR count). The zero-order valence-corrected chi connectivity index (χ0v) is 11.1. The van der Waals surface area contributed by atoms with Gasteiger partial charge in [-0.3, -0.25) is 9.59 Å². The third-order valence-corrected chi connectivity index (χ3v) is 3.29. The molecule has 0 aromatic heterocycles. The molecule has 0 saturated carbocycles. The number of carboxylic acid groups (broad SMARTS) is 1. The molecular weight excluding hydrogens is 244 g/mol. The molecule has 5 nitrogen and oxygen atoms in total. The van der Waals surface area contributed by atoms with Crippen molar-refractivity contribution in [2.24, 2.45) is 0 Å². The van der Waals surface area contributed by atoms with E-state index < -0.39 is 12.0 Å². The Morgan fingerprint density at radius 1 is 1.53 bits per heavy atom. The second-order valence-electron chi connectivity index (χ2n) is 4.95. The Kier molecular flexibility index (Phi) is 3.85. The van der Waals surface area contributed by atoms with Crippen LogP contribution in [0, 0.1) is 6.92 Å². The number of nitrogens with one attached hydrogen (secondary N) is 1. The van der Waals surface area contributed by atoms with E-state index in [2.05, 4.69) is 5.32 Å². The van der Waals surface area contributed by atoms with Gasteiger partial charge < -0.3 is 15.3 Å². The summed E-state index contributed by atoms with van der Waals surface area (Å²) in [5.74, 6) is -1.14. The Labute approximate surface area is 112 Å². The van der Waals surface area contributed by atoms with Crippen LogP contribution in [0.5, 0.6) is 0 Å². The van der Waals surface area contributed by atoms with Gasteiger partial charge in [0, 0.05) is 18.3 Å². The summed E-state index contributed by atoms with van der Waals surface area (Å²) in [5, 5.41) is 11.8. The topological polar surface area (TPSA) is 69.6 Å². The van der Waals surface area contributed by atoms with Gasteiger partial charge in [-0.1, -0.05) is 12.1 Å². The molecule has 1 saturated heterocycles. The number of anilines is 1. The van der Waals surface area contributed by atoms with Crippen LogP contribution in [0.3, 0.4) is 0 Å². The first-order chi connectivity index (χ1) is 8.99. The highest BCUT2D eigenvalue weighted by atomic mass is 16.4. The minimum absolute atomic E-state index is 0.0133. The number of nitrogens with zero attached hydrogens (tertiary/aromatic N) is 1. The van der Waals surface area contributed by atoms with E-state index in [9.17, 15) is 9.59 Å². The molecule has 0 radical (unpaired) electrons. The van der Waals surface area contributed by atoms with Gasteiger partial charge in [-0.15, -0.1) is 0 Å². The van der Waals surface area contributed by atoms with Crippen LogP contribution in [0.15, 0.2) is 24.3 Å². The van der Waals surface area contributed by atoms with Gasteiger partial charge in [0.25, 0.3) is 0 Å². The highest BCUT2D eigenvalue weighted by Gasteiger charge is 2.34. The molecule has 2 atom stereocenters. The number of hydrogen-bond acceptors (Lipinski definition) is 3. The Bertz CT molecular complexity index is 501. The van der Waals surface area contributed by atoms with Crippen LogP contribution in [0.25, 0.3) is 0 Å². The zero-order valence-electron chi connectivity index (χ0n) is 11.1. The molecule has 1 heterocycles. The average Bonchev–Trinajstić information content (AvgIpc) is 2.33. The fraction of sp³-hybridized carbons (Fsp3) is 0.429. The van der Waals surface area contributed by atoms with Crippen molar-refractivity contribution < 1.29 is 14.7 Å². The van der Waals surface area contributed by atoms with Crippen molar-refractivity contribution in [1.29, 1.82) is 0 Å². The lowest BCUT2D eigenvalue weighted by atomic mass is 10.0. The molecule has 1 aliphatic heterocycles. The largest absolute Gasteiger partial charge is 0.481 e. The molecule has 0 spiro atoms. The van der Waals surface area contributed by atoms with Gasteiger partial charge in [0.1, 0.15) is 0 Å². The molecule has 102 valence electrons. The summed E-state index contributed by atoms with van der Waals surface area (Å²) in [4.78, 5) is 24.9. The van der Waals surface area contributed by atoms with E-state index in [0.717, 1.165) is 11.3 Å². The van der Waals surface area contributed by atoms with Crippen molar-refractivity contribution in [3.8, 4) is 0 Å². The minimum Gasteiger partial charge on any atom is -0.481 e. The Morgan fingerprint density at radius 2 is 2.26 bits per heavy atom. The molecule has 1 aromatic carbocycles. The summed E-state index contributed by atoms with van der Waals surface area (Å²) in [6.07, 6.45) is -0.187. The summed E-state index contributed by atoms with van der Waals surface area (Å²) >= 11 is 0. The number of aliphatic carboxylic acids is 1. The third kappa shape index (κ3) is 2.93. The SMILES string of the molecule is Cc1cccc(N2C(=O)C(CC(=O)O)NCC2C)c1. The van der Waals surface area contributed by atoms with E-state index in [1.807, 2.05) is 38.1 Å². The molecular formula is C14H18N2O3. The summed E-state index contributed by atoms with van der Waals surface area (Å²) in [7, 11) is 0. The van der Waals surface area contributed by atoms with E-state index in [1.165, 1.54) is 0 Å². The first-order valence-electron chi connectivity index (χ1n) is 6.34. The molecule has 0 aliphatic carbocycles. The fourth-order valence-corrected chi connectivity index (χ4v) is 2.37. The van der Waals surface area contributed by atoms with Gasteiger partial charge >= 0.3 is 5.97 Å². The summed E-state index contributed by atoms with van der Waals surface area (Å²) in [6.45, 7) is 4.51. The number of carbonyl (C=O) groups excluding carboxylic acids is 1. The second-order valence-corrected chi connectivity index (χ2v) is 4.95. The van der Waals surface area contributed by atoms with Gasteiger partial charge in [-0.25, -0.2) is 0 Å². The standard InChI is InChI=1S/C14H18N2O3/c1-9-4-3-5-11(6-9)16-10(2)8-15-12(14(16)19)7-13(17)18/h3-6,10,12,15H,7-8H2,1-2H3,(H,17,18). The van der Waals surface area contributed by atoms with Crippen LogP contribution in [0.2, 0.25) is 0 Å². The number of amides is 1. The maximum Gasteiger partial charge on any atom is 0.305 e. The number of benzene rings is 1. The zero-order chi connectivity index (χ0) is 14.0. The number of piperazine rings is 1. The Balaban J connectivity index is 2.26. The number of carbonyl (C=O) groups is 2. The van der Waals surface area contributed by atoms with Crippen LogP contribution in [-0.2, 0) is 9.59 Å². The molecule has 1 amide bonds.